The predicted molar refractivity (Wildman–Crippen MR) is 94.7 cm³/mol. The Morgan fingerprint density at radius 3 is 2.46 bits per heavy atom. The summed E-state index contributed by atoms with van der Waals surface area (Å²) in [6.45, 7) is -0.662. The number of anilines is 1. The fraction of sp³-hybridized carbons (Fsp3) is 0.118. The van der Waals surface area contributed by atoms with Gasteiger partial charge in [0, 0.05) is 0 Å². The maximum atomic E-state index is 13.4. The van der Waals surface area contributed by atoms with Gasteiger partial charge in [-0.15, -0.1) is 0 Å². The molecule has 0 saturated carbocycles. The van der Waals surface area contributed by atoms with Crippen molar-refractivity contribution in [1.29, 1.82) is 0 Å². The topological polar surface area (TPSA) is 84.5 Å². The average Bonchev–Trinajstić information content (AvgIpc) is 2.58. The molecule has 2 rings (SSSR count). The molecule has 0 heterocycles. The summed E-state index contributed by atoms with van der Waals surface area (Å²) in [4.78, 5) is 34.9. The largest absolute Gasteiger partial charge is 0.455 e. The Kier molecular flexibility index (Phi) is 6.94. The maximum Gasteiger partial charge on any atom is 0.326 e. The van der Waals surface area contributed by atoms with Crippen molar-refractivity contribution >= 4 is 46.8 Å². The molecule has 0 fully saturated rings. The summed E-state index contributed by atoms with van der Waals surface area (Å²) in [7, 11) is 0. The SMILES string of the molecule is O=C(COC(=O)Cc1ccc(Cl)c(Cl)c1)NC(=O)Nc1ccccc1F. The van der Waals surface area contributed by atoms with Gasteiger partial charge in [0.2, 0.25) is 0 Å². The van der Waals surface area contributed by atoms with Crippen LogP contribution in [0.3, 0.4) is 0 Å². The van der Waals surface area contributed by atoms with Gasteiger partial charge >= 0.3 is 12.0 Å². The number of esters is 1. The molecule has 2 aromatic rings. The van der Waals surface area contributed by atoms with Gasteiger partial charge < -0.3 is 10.1 Å². The van der Waals surface area contributed by atoms with Gasteiger partial charge in [-0.3, -0.25) is 14.9 Å². The lowest BCUT2D eigenvalue weighted by molar-refractivity contribution is -0.147. The van der Waals surface area contributed by atoms with E-state index in [-0.39, 0.29) is 12.1 Å². The van der Waals surface area contributed by atoms with Crippen molar-refractivity contribution in [3.63, 3.8) is 0 Å². The summed E-state index contributed by atoms with van der Waals surface area (Å²) in [6, 6.07) is 9.15. The van der Waals surface area contributed by atoms with Gasteiger partial charge in [0.25, 0.3) is 5.91 Å². The minimum Gasteiger partial charge on any atom is -0.455 e. The molecular weight excluding hydrogens is 386 g/mol. The summed E-state index contributed by atoms with van der Waals surface area (Å²) in [5.41, 5.74) is 0.469. The highest BCUT2D eigenvalue weighted by molar-refractivity contribution is 6.42. The Morgan fingerprint density at radius 1 is 1.04 bits per heavy atom. The zero-order valence-electron chi connectivity index (χ0n) is 13.2. The molecule has 0 radical (unpaired) electrons. The Hall–Kier alpha value is -2.64. The van der Waals surface area contributed by atoms with Gasteiger partial charge in [-0.05, 0) is 29.8 Å². The van der Waals surface area contributed by atoms with Crippen LogP contribution in [0.1, 0.15) is 5.56 Å². The first-order chi connectivity index (χ1) is 12.3. The number of urea groups is 1. The third-order valence-electron chi connectivity index (χ3n) is 3.07. The van der Waals surface area contributed by atoms with Crippen LogP contribution in [0.2, 0.25) is 10.0 Å². The molecule has 136 valence electrons. The number of para-hydroxylation sites is 1. The van der Waals surface area contributed by atoms with Crippen LogP contribution >= 0.6 is 23.2 Å². The molecule has 0 spiro atoms. The maximum absolute atomic E-state index is 13.4. The van der Waals surface area contributed by atoms with Gasteiger partial charge in [0.15, 0.2) is 6.61 Å². The lowest BCUT2D eigenvalue weighted by Gasteiger charge is -2.08. The highest BCUT2D eigenvalue weighted by atomic mass is 35.5. The van der Waals surface area contributed by atoms with E-state index in [1.807, 2.05) is 5.32 Å². The number of carbonyl (C=O) groups is 3. The second-order valence-corrected chi connectivity index (χ2v) is 5.88. The summed E-state index contributed by atoms with van der Waals surface area (Å²) in [6.07, 6.45) is -0.119. The highest BCUT2D eigenvalue weighted by Crippen LogP contribution is 2.22. The second kappa shape index (κ2) is 9.17. The molecule has 0 bridgehead atoms. The molecule has 0 unspecified atom stereocenters. The Labute approximate surface area is 158 Å². The molecule has 6 nitrogen and oxygen atoms in total. The molecule has 0 atom stereocenters. The third-order valence-corrected chi connectivity index (χ3v) is 3.81. The zero-order chi connectivity index (χ0) is 19.1. The fourth-order valence-electron chi connectivity index (χ4n) is 1.89. The summed E-state index contributed by atoms with van der Waals surface area (Å²) >= 11 is 11.6. The van der Waals surface area contributed by atoms with Crippen LogP contribution in [0, 0.1) is 5.82 Å². The second-order valence-electron chi connectivity index (χ2n) is 5.07. The number of imide groups is 1. The molecule has 0 aliphatic heterocycles. The number of hydrogen-bond donors (Lipinski definition) is 2. The number of benzene rings is 2. The molecule has 0 aromatic heterocycles. The van der Waals surface area contributed by atoms with E-state index in [0.29, 0.717) is 15.6 Å². The van der Waals surface area contributed by atoms with Crippen molar-refractivity contribution in [1.82, 2.24) is 5.32 Å². The van der Waals surface area contributed by atoms with E-state index < -0.39 is 30.3 Å². The van der Waals surface area contributed by atoms with E-state index in [9.17, 15) is 18.8 Å². The van der Waals surface area contributed by atoms with E-state index >= 15 is 0 Å². The number of rotatable bonds is 5. The lowest BCUT2D eigenvalue weighted by Crippen LogP contribution is -2.37. The Morgan fingerprint density at radius 2 is 1.77 bits per heavy atom. The zero-order valence-corrected chi connectivity index (χ0v) is 14.7. The molecule has 26 heavy (non-hydrogen) atoms. The standard InChI is InChI=1S/C17H13Cl2FN2O4/c18-11-6-5-10(7-12(11)19)8-16(24)26-9-15(23)22-17(25)21-14-4-2-1-3-13(14)20/h1-7H,8-9H2,(H2,21,22,23,25). The minimum absolute atomic E-state index is 0.0885. The lowest BCUT2D eigenvalue weighted by atomic mass is 10.1. The first kappa shape index (κ1) is 19.7. The first-order valence-electron chi connectivity index (χ1n) is 7.30. The molecule has 2 N–H and O–H groups in total. The van der Waals surface area contributed by atoms with Crippen LogP contribution in [-0.4, -0.2) is 24.5 Å². The summed E-state index contributed by atoms with van der Waals surface area (Å²) in [5.74, 6) is -2.20. The van der Waals surface area contributed by atoms with E-state index in [0.717, 1.165) is 6.07 Å². The van der Waals surface area contributed by atoms with Crippen LogP contribution in [0.4, 0.5) is 14.9 Å². The molecular formula is C17H13Cl2FN2O4. The predicted octanol–water partition coefficient (Wildman–Crippen LogP) is 3.57. The highest BCUT2D eigenvalue weighted by Gasteiger charge is 2.13. The summed E-state index contributed by atoms with van der Waals surface area (Å²) in [5, 5.41) is 4.73. The Balaban J connectivity index is 1.77. The van der Waals surface area contributed by atoms with Gasteiger partial charge in [0.05, 0.1) is 22.2 Å². The van der Waals surface area contributed by atoms with E-state index in [4.69, 9.17) is 27.9 Å². The normalized spacial score (nSPS) is 10.1. The van der Waals surface area contributed by atoms with Crippen LogP contribution in [0.25, 0.3) is 0 Å². The van der Waals surface area contributed by atoms with Crippen molar-refractivity contribution in [2.75, 3.05) is 11.9 Å². The minimum atomic E-state index is -0.944. The van der Waals surface area contributed by atoms with Crippen molar-refractivity contribution in [3.8, 4) is 0 Å². The van der Waals surface area contributed by atoms with Gasteiger partial charge in [-0.25, -0.2) is 9.18 Å². The Bertz CT molecular complexity index is 845. The fourth-order valence-corrected chi connectivity index (χ4v) is 2.21. The van der Waals surface area contributed by atoms with E-state index in [1.165, 1.54) is 30.3 Å². The quantitative estimate of drug-likeness (QED) is 0.753. The monoisotopic (exact) mass is 398 g/mol. The molecule has 0 saturated heterocycles. The number of halogens is 3. The molecule has 9 heteroatoms. The number of hydrogen-bond acceptors (Lipinski definition) is 4. The van der Waals surface area contributed by atoms with Crippen molar-refractivity contribution in [3.05, 3.63) is 63.9 Å². The number of carbonyl (C=O) groups excluding carboxylic acids is 3. The molecule has 3 amide bonds. The van der Waals surface area contributed by atoms with E-state index in [2.05, 4.69) is 5.32 Å². The van der Waals surface area contributed by atoms with E-state index in [1.54, 1.807) is 6.07 Å². The van der Waals surface area contributed by atoms with Gasteiger partial charge in [-0.2, -0.15) is 0 Å². The van der Waals surface area contributed by atoms with Crippen molar-refractivity contribution < 1.29 is 23.5 Å². The van der Waals surface area contributed by atoms with Crippen LogP contribution < -0.4 is 10.6 Å². The van der Waals surface area contributed by atoms with Crippen molar-refractivity contribution in [2.45, 2.75) is 6.42 Å². The van der Waals surface area contributed by atoms with Crippen LogP contribution in [0.15, 0.2) is 42.5 Å². The number of ether oxygens (including phenoxy) is 1. The average molecular weight is 399 g/mol. The smallest absolute Gasteiger partial charge is 0.326 e. The molecule has 0 aliphatic rings. The van der Waals surface area contributed by atoms with Gasteiger partial charge in [-0.1, -0.05) is 41.4 Å². The number of amides is 3. The summed E-state index contributed by atoms with van der Waals surface area (Å²) < 4.78 is 18.2. The molecule has 0 aliphatic carbocycles. The van der Waals surface area contributed by atoms with Crippen LogP contribution in [0.5, 0.6) is 0 Å². The van der Waals surface area contributed by atoms with Crippen LogP contribution in [-0.2, 0) is 20.7 Å². The van der Waals surface area contributed by atoms with Gasteiger partial charge in [0.1, 0.15) is 5.82 Å². The molecule has 2 aromatic carbocycles. The third kappa shape index (κ3) is 6.02. The van der Waals surface area contributed by atoms with Crippen molar-refractivity contribution in [2.24, 2.45) is 0 Å². The first-order valence-corrected chi connectivity index (χ1v) is 8.05. The number of nitrogens with one attached hydrogen (secondary N) is 2.